The minimum absolute atomic E-state index is 0.0934. The summed E-state index contributed by atoms with van der Waals surface area (Å²) in [6, 6.07) is 0. The van der Waals surface area contributed by atoms with Crippen LogP contribution in [0.1, 0.15) is 252 Å². The minimum atomic E-state index is -0.793. The van der Waals surface area contributed by atoms with Gasteiger partial charge in [-0.15, -0.1) is 0 Å². The lowest BCUT2D eigenvalue weighted by molar-refractivity contribution is -0.167. The van der Waals surface area contributed by atoms with Crippen LogP contribution in [-0.4, -0.2) is 37.2 Å². The third kappa shape index (κ3) is 60.0. The van der Waals surface area contributed by atoms with E-state index < -0.39 is 6.10 Å². The molecule has 1 unspecified atom stereocenters. The lowest BCUT2D eigenvalue weighted by atomic mass is 10.1. The second kappa shape index (κ2) is 61.8. The Morgan fingerprint density at radius 1 is 0.280 bits per heavy atom. The third-order valence-electron chi connectivity index (χ3n) is 12.3. The van der Waals surface area contributed by atoms with Crippen molar-refractivity contribution in [2.45, 2.75) is 258 Å². The quantitative estimate of drug-likeness (QED) is 0.0261. The van der Waals surface area contributed by atoms with Crippen molar-refractivity contribution in [3.8, 4) is 0 Å². The van der Waals surface area contributed by atoms with Crippen LogP contribution in [0.3, 0.4) is 0 Å². The van der Waals surface area contributed by atoms with E-state index in [1.807, 2.05) is 0 Å². The topological polar surface area (TPSA) is 78.9 Å². The van der Waals surface area contributed by atoms with E-state index in [1.165, 1.54) is 44.9 Å². The Kier molecular flexibility index (Phi) is 58.0. The Balaban J connectivity index is 4.07. The van der Waals surface area contributed by atoms with Gasteiger partial charge in [-0.05, 0) is 122 Å². The fourth-order valence-electron chi connectivity index (χ4n) is 7.86. The summed E-state index contributed by atoms with van der Waals surface area (Å²) in [6.07, 6.45) is 89.0. The summed E-state index contributed by atoms with van der Waals surface area (Å²) >= 11 is 0. The lowest BCUT2D eigenvalue weighted by Gasteiger charge is -2.18. The van der Waals surface area contributed by atoms with Gasteiger partial charge in [0.2, 0.25) is 0 Å². The van der Waals surface area contributed by atoms with E-state index in [0.29, 0.717) is 19.3 Å². The second-order valence-corrected chi connectivity index (χ2v) is 19.5. The first-order chi connectivity index (χ1) is 37.0. The number of hydrogen-bond acceptors (Lipinski definition) is 6. The van der Waals surface area contributed by atoms with E-state index in [2.05, 4.69) is 167 Å². The highest BCUT2D eigenvalue weighted by Gasteiger charge is 2.19. The van der Waals surface area contributed by atoms with Crippen molar-refractivity contribution in [3.05, 3.63) is 146 Å². The molecule has 0 saturated heterocycles. The summed E-state index contributed by atoms with van der Waals surface area (Å²) in [4.78, 5) is 37.8. The molecule has 0 bridgehead atoms. The molecule has 6 heteroatoms. The number of unbranched alkanes of at least 4 members (excludes halogenated alkanes) is 18. The Labute approximate surface area is 461 Å². The van der Waals surface area contributed by atoms with Gasteiger partial charge < -0.3 is 14.2 Å². The van der Waals surface area contributed by atoms with Crippen LogP contribution in [0.5, 0.6) is 0 Å². The molecule has 0 amide bonds. The van der Waals surface area contributed by atoms with Crippen LogP contribution < -0.4 is 0 Å². The summed E-state index contributed by atoms with van der Waals surface area (Å²) in [6.45, 7) is 6.29. The Morgan fingerprint density at radius 2 is 0.520 bits per heavy atom. The standard InChI is InChI=1S/C69H110O6/c1-4-7-10-13-15-17-19-21-23-25-26-27-28-29-30-31-32-33-34-35-36-37-38-39-40-41-42-44-45-47-49-51-53-56-59-62-68(71)74-65-66(64-73-67(70)61-58-55-12-9-6-3)75-69(72)63-60-57-54-52-50-48-46-43-24-22-20-18-16-14-11-8-5-2/h7-8,10-11,15-18,21-24,26-27,29-30,32-33,35-36,38-39,46,48,66H,4-6,9,12-14,19-20,25,28,31,34,37,40-45,47,49-65H2,1-3H3/b10-7-,11-8-,17-15-,18-16-,23-21-,24-22-,27-26-,30-29-,33-32-,36-35-,39-38-,48-46-. The maximum atomic E-state index is 12.8. The van der Waals surface area contributed by atoms with Crippen LogP contribution in [0.15, 0.2) is 146 Å². The summed E-state index contributed by atoms with van der Waals surface area (Å²) in [5, 5.41) is 0. The molecular weight excluding hydrogens is 925 g/mol. The first-order valence-corrected chi connectivity index (χ1v) is 30.3. The molecule has 0 N–H and O–H groups in total. The van der Waals surface area contributed by atoms with Gasteiger partial charge in [-0.2, -0.15) is 0 Å². The predicted molar refractivity (Wildman–Crippen MR) is 325 cm³/mol. The number of allylic oxidation sites excluding steroid dienone is 24. The van der Waals surface area contributed by atoms with Gasteiger partial charge in [-0.3, -0.25) is 14.4 Å². The van der Waals surface area contributed by atoms with Crippen molar-refractivity contribution >= 4 is 17.9 Å². The molecule has 1 atom stereocenters. The lowest BCUT2D eigenvalue weighted by Crippen LogP contribution is -2.30. The molecule has 0 aliphatic heterocycles. The van der Waals surface area contributed by atoms with Gasteiger partial charge in [0, 0.05) is 19.3 Å². The van der Waals surface area contributed by atoms with Crippen molar-refractivity contribution in [1.29, 1.82) is 0 Å². The summed E-state index contributed by atoms with van der Waals surface area (Å²) < 4.78 is 16.7. The normalized spacial score (nSPS) is 13.2. The Bertz CT molecular complexity index is 1660. The number of hydrogen-bond donors (Lipinski definition) is 0. The van der Waals surface area contributed by atoms with E-state index >= 15 is 0 Å². The van der Waals surface area contributed by atoms with E-state index in [-0.39, 0.29) is 31.1 Å². The van der Waals surface area contributed by atoms with Crippen LogP contribution in [0.25, 0.3) is 0 Å². The van der Waals surface area contributed by atoms with Crippen LogP contribution in [0, 0.1) is 0 Å². The number of ether oxygens (including phenoxy) is 3. The van der Waals surface area contributed by atoms with Gasteiger partial charge in [0.25, 0.3) is 0 Å². The van der Waals surface area contributed by atoms with Crippen molar-refractivity contribution in [2.24, 2.45) is 0 Å². The fourth-order valence-corrected chi connectivity index (χ4v) is 7.86. The smallest absolute Gasteiger partial charge is 0.306 e. The molecule has 0 aromatic heterocycles. The van der Waals surface area contributed by atoms with Gasteiger partial charge in [-0.1, -0.05) is 256 Å². The molecule has 6 nitrogen and oxygen atoms in total. The van der Waals surface area contributed by atoms with Crippen molar-refractivity contribution in [3.63, 3.8) is 0 Å². The first kappa shape index (κ1) is 70.3. The highest BCUT2D eigenvalue weighted by Crippen LogP contribution is 2.14. The largest absolute Gasteiger partial charge is 0.462 e. The molecule has 0 aliphatic rings. The van der Waals surface area contributed by atoms with Gasteiger partial charge in [0.15, 0.2) is 6.10 Å². The van der Waals surface area contributed by atoms with E-state index in [9.17, 15) is 14.4 Å². The van der Waals surface area contributed by atoms with E-state index in [1.54, 1.807) is 0 Å². The highest BCUT2D eigenvalue weighted by molar-refractivity contribution is 5.71. The molecule has 0 aliphatic carbocycles. The van der Waals surface area contributed by atoms with Crippen LogP contribution in [0.4, 0.5) is 0 Å². The third-order valence-corrected chi connectivity index (χ3v) is 12.3. The molecule has 0 spiro atoms. The number of esters is 3. The monoisotopic (exact) mass is 1030 g/mol. The maximum Gasteiger partial charge on any atom is 0.306 e. The van der Waals surface area contributed by atoms with Crippen molar-refractivity contribution < 1.29 is 28.6 Å². The van der Waals surface area contributed by atoms with E-state index in [4.69, 9.17) is 14.2 Å². The van der Waals surface area contributed by atoms with Crippen molar-refractivity contribution in [2.75, 3.05) is 13.2 Å². The molecule has 0 aromatic carbocycles. The van der Waals surface area contributed by atoms with Gasteiger partial charge in [0.05, 0.1) is 0 Å². The summed E-state index contributed by atoms with van der Waals surface area (Å²) in [7, 11) is 0. The molecule has 0 heterocycles. The summed E-state index contributed by atoms with van der Waals surface area (Å²) in [5.41, 5.74) is 0. The number of carbonyl (C=O) groups is 3. The number of rotatable bonds is 53. The zero-order valence-corrected chi connectivity index (χ0v) is 48.3. The average Bonchev–Trinajstić information content (AvgIpc) is 3.41. The van der Waals surface area contributed by atoms with Gasteiger partial charge in [-0.25, -0.2) is 0 Å². The molecule has 0 aromatic rings. The molecule has 75 heavy (non-hydrogen) atoms. The number of carbonyl (C=O) groups excluding carboxylic acids is 3. The molecule has 422 valence electrons. The SMILES string of the molecule is CC/C=C\C/C=C\C/C=C\C/C=C\C/C=C\C/C=C\C/C=C\C/C=C\CCCCCCCCCCCCC(=O)OCC(COC(=O)CCCCCCC)OC(=O)CCCCCC/C=C\C/C=C\C/C=C\C/C=C\CC. The fraction of sp³-hybridized carbons (Fsp3) is 0.609. The second-order valence-electron chi connectivity index (χ2n) is 19.5. The van der Waals surface area contributed by atoms with E-state index in [0.717, 1.165) is 167 Å². The molecule has 0 rings (SSSR count). The van der Waals surface area contributed by atoms with Crippen LogP contribution >= 0.6 is 0 Å². The Hall–Kier alpha value is -4.71. The molecule has 0 saturated carbocycles. The van der Waals surface area contributed by atoms with Gasteiger partial charge >= 0.3 is 17.9 Å². The molecule has 0 radical (unpaired) electrons. The highest BCUT2D eigenvalue weighted by atomic mass is 16.6. The first-order valence-electron chi connectivity index (χ1n) is 30.3. The molecular formula is C69H110O6. The zero-order valence-electron chi connectivity index (χ0n) is 48.3. The molecule has 0 fully saturated rings. The summed E-state index contributed by atoms with van der Waals surface area (Å²) in [5.74, 6) is -0.941. The average molecular weight is 1040 g/mol. The maximum absolute atomic E-state index is 12.8. The van der Waals surface area contributed by atoms with Gasteiger partial charge in [0.1, 0.15) is 13.2 Å². The van der Waals surface area contributed by atoms with Crippen LogP contribution in [0.2, 0.25) is 0 Å². The minimum Gasteiger partial charge on any atom is -0.462 e. The zero-order chi connectivity index (χ0) is 54.3. The van der Waals surface area contributed by atoms with Crippen LogP contribution in [-0.2, 0) is 28.6 Å². The van der Waals surface area contributed by atoms with Crippen molar-refractivity contribution in [1.82, 2.24) is 0 Å². The Morgan fingerprint density at radius 3 is 0.813 bits per heavy atom. The predicted octanol–water partition coefficient (Wildman–Crippen LogP) is 20.8.